The molecule has 3 aromatic heterocycles. The van der Waals surface area contributed by atoms with Gasteiger partial charge in [-0.2, -0.15) is 5.10 Å². The van der Waals surface area contributed by atoms with Crippen LogP contribution in [0.1, 0.15) is 24.1 Å². The summed E-state index contributed by atoms with van der Waals surface area (Å²) < 4.78 is 3.88. The van der Waals surface area contributed by atoms with Crippen molar-refractivity contribution in [2.24, 2.45) is 7.05 Å². The molecule has 0 aliphatic rings. The average Bonchev–Trinajstić information content (AvgIpc) is 3.11. The smallest absolute Gasteiger partial charge is 0.259 e. The fourth-order valence-corrected chi connectivity index (χ4v) is 4.59. The summed E-state index contributed by atoms with van der Waals surface area (Å²) in [5.74, 6) is 0. The summed E-state index contributed by atoms with van der Waals surface area (Å²) in [5.41, 5.74) is 3.38. The largest absolute Gasteiger partial charge is 0.394 e. The number of aliphatic hydroxyl groups is 1. The van der Waals surface area contributed by atoms with E-state index in [9.17, 15) is 9.90 Å². The molecule has 2 N–H and O–H groups in total. The van der Waals surface area contributed by atoms with Gasteiger partial charge in [-0.05, 0) is 59.1 Å². The van der Waals surface area contributed by atoms with E-state index in [1.54, 1.807) is 28.6 Å². The van der Waals surface area contributed by atoms with E-state index in [1.807, 2.05) is 26.0 Å². The van der Waals surface area contributed by atoms with Gasteiger partial charge < -0.3 is 10.4 Å². The van der Waals surface area contributed by atoms with Crippen molar-refractivity contribution in [1.29, 1.82) is 0 Å². The number of fused-ring (bicyclic) bond motifs is 3. The second-order valence-electron chi connectivity index (χ2n) is 7.31. The summed E-state index contributed by atoms with van der Waals surface area (Å²) in [5, 5.41) is 20.0. The summed E-state index contributed by atoms with van der Waals surface area (Å²) in [6.07, 6.45) is 1.76. The van der Waals surface area contributed by atoms with Gasteiger partial charge in [0.05, 0.1) is 25.0 Å². The fraction of sp³-hybridized carbons (Fsp3) is 0.286. The monoisotopic (exact) mass is 489 g/mol. The summed E-state index contributed by atoms with van der Waals surface area (Å²) in [4.78, 5) is 17.4. The highest BCUT2D eigenvalue weighted by atomic mass is 79.9. The summed E-state index contributed by atoms with van der Waals surface area (Å²) >= 11 is 9.41. The molecule has 30 heavy (non-hydrogen) atoms. The number of halogens is 2. The minimum Gasteiger partial charge on any atom is -0.394 e. The molecular weight excluding hydrogens is 470 g/mol. The maximum absolute atomic E-state index is 13.2. The topological polar surface area (TPSA) is 85.0 Å². The predicted octanol–water partition coefficient (Wildman–Crippen LogP) is 4.17. The van der Waals surface area contributed by atoms with Crippen molar-refractivity contribution < 1.29 is 5.11 Å². The Bertz CT molecular complexity index is 1330. The van der Waals surface area contributed by atoms with Crippen molar-refractivity contribution in [3.63, 3.8) is 0 Å². The zero-order valence-electron chi connectivity index (χ0n) is 16.8. The third kappa shape index (κ3) is 3.49. The second-order valence-corrected chi connectivity index (χ2v) is 8.45. The SMILES string of the molecule is Cc1cc(C(C)Nc2ccc(Cl)nc2Br)c2c(c1)c(=O)n(C)c1c2cnn1CCO. The van der Waals surface area contributed by atoms with Crippen LogP contribution in [0.4, 0.5) is 5.69 Å². The molecular formula is C21H21BrClN5O2. The van der Waals surface area contributed by atoms with Gasteiger partial charge in [-0.3, -0.25) is 9.36 Å². The molecule has 4 rings (SSSR count). The van der Waals surface area contributed by atoms with Crippen molar-refractivity contribution in [2.75, 3.05) is 11.9 Å². The Hall–Kier alpha value is -2.42. The van der Waals surface area contributed by atoms with E-state index in [2.05, 4.69) is 37.4 Å². The third-order valence-corrected chi connectivity index (χ3v) is 6.03. The van der Waals surface area contributed by atoms with Crippen molar-refractivity contribution in [3.05, 3.63) is 61.7 Å². The number of pyridine rings is 2. The number of aryl methyl sites for hydroxylation is 2. The van der Waals surface area contributed by atoms with Crippen LogP contribution in [0, 0.1) is 6.92 Å². The van der Waals surface area contributed by atoms with Crippen molar-refractivity contribution in [2.45, 2.75) is 26.4 Å². The molecule has 0 radical (unpaired) electrons. The Morgan fingerprint density at radius 1 is 1.30 bits per heavy atom. The maximum Gasteiger partial charge on any atom is 0.259 e. The summed E-state index contributed by atoms with van der Waals surface area (Å²) in [7, 11) is 1.74. The number of nitrogens with zero attached hydrogens (tertiary/aromatic N) is 4. The van der Waals surface area contributed by atoms with Gasteiger partial charge in [0.25, 0.3) is 5.56 Å². The molecule has 0 spiro atoms. The first kappa shape index (κ1) is 20.8. The summed E-state index contributed by atoms with van der Waals surface area (Å²) in [6.45, 7) is 4.28. The van der Waals surface area contributed by atoms with E-state index in [0.29, 0.717) is 27.3 Å². The molecule has 0 fully saturated rings. The van der Waals surface area contributed by atoms with E-state index in [0.717, 1.165) is 27.6 Å². The zero-order chi connectivity index (χ0) is 21.6. The summed E-state index contributed by atoms with van der Waals surface area (Å²) in [6, 6.07) is 7.46. The Morgan fingerprint density at radius 3 is 2.77 bits per heavy atom. The lowest BCUT2D eigenvalue weighted by Crippen LogP contribution is -2.21. The van der Waals surface area contributed by atoms with Crippen LogP contribution in [-0.4, -0.2) is 31.0 Å². The van der Waals surface area contributed by atoms with E-state index < -0.39 is 0 Å². The molecule has 4 aromatic rings. The Balaban J connectivity index is 1.96. The third-order valence-electron chi connectivity index (χ3n) is 5.21. The molecule has 0 saturated carbocycles. The molecule has 3 heterocycles. The molecule has 0 aliphatic heterocycles. The quantitative estimate of drug-likeness (QED) is 0.410. The first-order chi connectivity index (χ1) is 14.3. The maximum atomic E-state index is 13.2. The molecule has 0 bridgehead atoms. The van der Waals surface area contributed by atoms with Crippen LogP contribution in [0.15, 0.2) is 39.9 Å². The van der Waals surface area contributed by atoms with Crippen molar-refractivity contribution in [3.8, 4) is 0 Å². The van der Waals surface area contributed by atoms with Gasteiger partial charge in [0.1, 0.15) is 15.4 Å². The minimum atomic E-state index is -0.122. The fourth-order valence-electron chi connectivity index (χ4n) is 3.90. The molecule has 7 nitrogen and oxygen atoms in total. The van der Waals surface area contributed by atoms with Crippen LogP contribution in [0.3, 0.4) is 0 Å². The Morgan fingerprint density at radius 2 is 2.07 bits per heavy atom. The molecule has 1 atom stereocenters. The van der Waals surface area contributed by atoms with Crippen molar-refractivity contribution >= 4 is 55.0 Å². The number of hydrogen-bond donors (Lipinski definition) is 2. The van der Waals surface area contributed by atoms with Gasteiger partial charge in [-0.1, -0.05) is 17.7 Å². The number of hydrogen-bond acceptors (Lipinski definition) is 5. The first-order valence-electron chi connectivity index (χ1n) is 9.50. The van der Waals surface area contributed by atoms with Gasteiger partial charge in [0.15, 0.2) is 0 Å². The highest BCUT2D eigenvalue weighted by molar-refractivity contribution is 9.10. The van der Waals surface area contributed by atoms with Gasteiger partial charge in [-0.25, -0.2) is 9.67 Å². The lowest BCUT2D eigenvalue weighted by molar-refractivity contribution is 0.271. The average molecular weight is 491 g/mol. The second kappa shape index (κ2) is 8.02. The molecule has 156 valence electrons. The van der Waals surface area contributed by atoms with Gasteiger partial charge in [0.2, 0.25) is 0 Å². The van der Waals surface area contributed by atoms with Crippen LogP contribution in [-0.2, 0) is 13.6 Å². The first-order valence-corrected chi connectivity index (χ1v) is 10.7. The number of rotatable bonds is 5. The molecule has 9 heteroatoms. The standard InChI is InChI=1S/C21H21BrClN5O2/c1-11-8-13(12(2)25-16-4-5-17(23)26-19(16)22)18-14(9-11)21(30)27(3)20-15(18)10-24-28(20)6-7-29/h4-5,8-10,12,25,29H,6-7H2,1-3H3. The predicted molar refractivity (Wildman–Crippen MR) is 123 cm³/mol. The van der Waals surface area contributed by atoms with Crippen LogP contribution in [0.25, 0.3) is 21.8 Å². The zero-order valence-corrected chi connectivity index (χ0v) is 19.1. The van der Waals surface area contributed by atoms with Crippen LogP contribution >= 0.6 is 27.5 Å². The van der Waals surface area contributed by atoms with E-state index >= 15 is 0 Å². The number of aliphatic hydroxyl groups excluding tert-OH is 1. The number of aromatic nitrogens is 4. The Kier molecular flexibility index (Phi) is 5.57. The van der Waals surface area contributed by atoms with Gasteiger partial charge in [0, 0.05) is 29.2 Å². The normalized spacial score (nSPS) is 12.6. The Labute approximate surface area is 186 Å². The minimum absolute atomic E-state index is 0.0562. The molecule has 1 aromatic carbocycles. The molecule has 0 amide bonds. The lowest BCUT2D eigenvalue weighted by Gasteiger charge is -2.20. The number of benzene rings is 1. The van der Waals surface area contributed by atoms with E-state index in [1.165, 1.54) is 0 Å². The lowest BCUT2D eigenvalue weighted by atomic mass is 9.96. The van der Waals surface area contributed by atoms with Gasteiger partial charge in [-0.15, -0.1) is 0 Å². The van der Waals surface area contributed by atoms with Gasteiger partial charge >= 0.3 is 0 Å². The highest BCUT2D eigenvalue weighted by Gasteiger charge is 2.20. The molecule has 1 unspecified atom stereocenters. The molecule has 0 aliphatic carbocycles. The van der Waals surface area contributed by atoms with E-state index in [-0.39, 0.29) is 18.2 Å². The van der Waals surface area contributed by atoms with Crippen LogP contribution in [0.5, 0.6) is 0 Å². The van der Waals surface area contributed by atoms with E-state index in [4.69, 9.17) is 11.6 Å². The van der Waals surface area contributed by atoms with Crippen molar-refractivity contribution in [1.82, 2.24) is 19.3 Å². The highest BCUT2D eigenvalue weighted by Crippen LogP contribution is 2.33. The number of anilines is 1. The van der Waals surface area contributed by atoms with Crippen LogP contribution in [0.2, 0.25) is 5.15 Å². The molecule has 0 saturated heterocycles. The van der Waals surface area contributed by atoms with Crippen LogP contribution < -0.4 is 10.9 Å². The number of nitrogens with one attached hydrogen (secondary N) is 1.